The zero-order valence-corrected chi connectivity index (χ0v) is 15.2. The lowest BCUT2D eigenvalue weighted by Crippen LogP contribution is -2.27. The first-order chi connectivity index (χ1) is 11.5. The third-order valence-electron chi connectivity index (χ3n) is 3.32. The highest BCUT2D eigenvalue weighted by Crippen LogP contribution is 2.25. The molecule has 1 heterocycles. The van der Waals surface area contributed by atoms with E-state index < -0.39 is 11.4 Å². The minimum atomic E-state index is -0.795. The van der Waals surface area contributed by atoms with Gasteiger partial charge in [0.05, 0.1) is 22.5 Å². The van der Waals surface area contributed by atoms with Gasteiger partial charge in [-0.25, -0.2) is 9.59 Å². The molecule has 0 amide bonds. The topological polar surface area (TPSA) is 61.4 Å². The summed E-state index contributed by atoms with van der Waals surface area (Å²) in [5.74, 6) is -0.141. The van der Waals surface area contributed by atoms with Crippen LogP contribution >= 0.6 is 39.1 Å². The summed E-state index contributed by atoms with van der Waals surface area (Å²) in [7, 11) is 0. The Morgan fingerprint density at radius 3 is 2.54 bits per heavy atom. The predicted molar refractivity (Wildman–Crippen MR) is 96.4 cm³/mol. The first-order valence-corrected chi connectivity index (χ1v) is 8.41. The Hall–Kier alpha value is -1.76. The van der Waals surface area contributed by atoms with Gasteiger partial charge in [-0.15, -0.1) is 0 Å². The van der Waals surface area contributed by atoms with Gasteiger partial charge in [-0.05, 0) is 36.4 Å². The van der Waals surface area contributed by atoms with Crippen LogP contribution < -0.4 is 16.1 Å². The number of hydrogen-bond acceptors (Lipinski definition) is 4. The first kappa shape index (κ1) is 17.1. The highest BCUT2D eigenvalue weighted by atomic mass is 79.9. The fourth-order valence-electron chi connectivity index (χ4n) is 2.27. The van der Waals surface area contributed by atoms with Crippen molar-refractivity contribution in [1.29, 1.82) is 0 Å². The normalized spacial score (nSPS) is 11.0. The maximum Gasteiger partial charge on any atom is 0.422 e. The predicted octanol–water partition coefficient (Wildman–Crippen LogP) is 4.10. The van der Waals surface area contributed by atoms with Crippen molar-refractivity contribution in [3.05, 3.63) is 71.9 Å². The van der Waals surface area contributed by atoms with Crippen molar-refractivity contribution in [1.82, 2.24) is 4.57 Å². The lowest BCUT2D eigenvalue weighted by molar-refractivity contribution is 0.287. The second-order valence-corrected chi connectivity index (χ2v) is 6.65. The van der Waals surface area contributed by atoms with Crippen molar-refractivity contribution in [3.63, 3.8) is 0 Å². The van der Waals surface area contributed by atoms with E-state index in [1.807, 2.05) is 12.1 Å². The van der Waals surface area contributed by atoms with Crippen LogP contribution in [0.5, 0.6) is 5.75 Å². The maximum absolute atomic E-state index is 12.0. The first-order valence-electron chi connectivity index (χ1n) is 6.87. The number of nitrogens with zero attached hydrogens (tertiary/aromatic N) is 1. The van der Waals surface area contributed by atoms with Crippen LogP contribution in [0.2, 0.25) is 10.0 Å². The molecule has 124 valence electrons. The van der Waals surface area contributed by atoms with Gasteiger partial charge < -0.3 is 9.15 Å². The Kier molecular flexibility index (Phi) is 4.99. The van der Waals surface area contributed by atoms with Crippen LogP contribution in [0.1, 0.15) is 0 Å². The molecular formula is C16H10BrCl2NO4. The lowest BCUT2D eigenvalue weighted by Gasteiger charge is -2.11. The van der Waals surface area contributed by atoms with Gasteiger partial charge in [0.15, 0.2) is 0 Å². The number of hydrogen-bond donors (Lipinski definition) is 0. The van der Waals surface area contributed by atoms with E-state index in [2.05, 4.69) is 15.9 Å². The molecule has 0 aliphatic rings. The fourth-order valence-corrected chi connectivity index (χ4v) is 3.13. The van der Waals surface area contributed by atoms with E-state index in [0.717, 1.165) is 4.47 Å². The molecule has 0 atom stereocenters. The molecule has 2 aromatic carbocycles. The van der Waals surface area contributed by atoms with Gasteiger partial charge in [0.1, 0.15) is 12.4 Å². The maximum atomic E-state index is 12.0. The van der Waals surface area contributed by atoms with Crippen LogP contribution in [0.3, 0.4) is 0 Å². The molecule has 0 radical (unpaired) electrons. The van der Waals surface area contributed by atoms with Crippen molar-refractivity contribution >= 4 is 50.0 Å². The van der Waals surface area contributed by atoms with Gasteiger partial charge in [-0.1, -0.05) is 39.1 Å². The van der Waals surface area contributed by atoms with Crippen LogP contribution in [0.25, 0.3) is 10.9 Å². The summed E-state index contributed by atoms with van der Waals surface area (Å²) in [5, 5.41) is 0.637. The summed E-state index contributed by atoms with van der Waals surface area (Å²) in [5.41, 5.74) is -0.494. The molecule has 0 bridgehead atoms. The SMILES string of the molecule is O=c1oc(=O)n(CCOc2ccc(Br)cc2)c2c(Cl)cc(Cl)cc12. The number of rotatable bonds is 4. The Morgan fingerprint density at radius 2 is 1.83 bits per heavy atom. The summed E-state index contributed by atoms with van der Waals surface area (Å²) in [4.78, 5) is 23.9. The molecule has 0 fully saturated rings. The van der Waals surface area contributed by atoms with Crippen LogP contribution in [0.4, 0.5) is 0 Å². The second-order valence-electron chi connectivity index (χ2n) is 4.89. The van der Waals surface area contributed by atoms with E-state index >= 15 is 0 Å². The summed E-state index contributed by atoms with van der Waals surface area (Å²) in [6.07, 6.45) is 0. The lowest BCUT2D eigenvalue weighted by atomic mass is 10.2. The standard InChI is InChI=1S/C16H10BrCl2NO4/c17-9-1-3-11(4-2-9)23-6-5-20-14-12(15(21)24-16(20)22)7-10(18)8-13(14)19/h1-4,7-8H,5-6H2. The van der Waals surface area contributed by atoms with Crippen molar-refractivity contribution in [2.45, 2.75) is 6.54 Å². The Labute approximate surface area is 154 Å². The average Bonchev–Trinajstić information content (AvgIpc) is 2.52. The number of ether oxygens (including phenoxy) is 1. The Balaban J connectivity index is 1.93. The number of halogens is 3. The summed E-state index contributed by atoms with van der Waals surface area (Å²) in [6.45, 7) is 0.361. The Morgan fingerprint density at radius 1 is 1.12 bits per heavy atom. The third-order valence-corrected chi connectivity index (χ3v) is 4.35. The summed E-state index contributed by atoms with van der Waals surface area (Å²) >= 11 is 15.4. The van der Waals surface area contributed by atoms with Crippen LogP contribution in [0, 0.1) is 0 Å². The van der Waals surface area contributed by atoms with Crippen molar-refractivity contribution in [2.24, 2.45) is 0 Å². The zero-order valence-electron chi connectivity index (χ0n) is 12.1. The van der Waals surface area contributed by atoms with Crippen LogP contribution in [-0.2, 0) is 6.54 Å². The van der Waals surface area contributed by atoms with Crippen molar-refractivity contribution in [2.75, 3.05) is 6.61 Å². The van der Waals surface area contributed by atoms with E-state index in [0.29, 0.717) is 5.75 Å². The molecule has 5 nitrogen and oxygen atoms in total. The molecular weight excluding hydrogens is 421 g/mol. The molecule has 0 N–H and O–H groups in total. The molecule has 3 aromatic rings. The van der Waals surface area contributed by atoms with Crippen molar-refractivity contribution < 1.29 is 9.15 Å². The van der Waals surface area contributed by atoms with Crippen molar-refractivity contribution in [3.8, 4) is 5.75 Å². The van der Waals surface area contributed by atoms with Gasteiger partial charge in [0.25, 0.3) is 0 Å². The van der Waals surface area contributed by atoms with Gasteiger partial charge >= 0.3 is 11.4 Å². The minimum Gasteiger partial charge on any atom is -0.492 e. The molecule has 0 aliphatic heterocycles. The number of fused-ring (bicyclic) bond motifs is 1. The molecule has 8 heteroatoms. The molecule has 1 aromatic heterocycles. The van der Waals surface area contributed by atoms with E-state index in [-0.39, 0.29) is 34.1 Å². The highest BCUT2D eigenvalue weighted by molar-refractivity contribution is 9.10. The molecule has 0 aliphatic carbocycles. The van der Waals surface area contributed by atoms with Gasteiger partial charge in [-0.2, -0.15) is 0 Å². The molecule has 3 rings (SSSR count). The van der Waals surface area contributed by atoms with Crippen LogP contribution in [-0.4, -0.2) is 11.2 Å². The fraction of sp³-hybridized carbons (Fsp3) is 0.125. The summed E-state index contributed by atoms with van der Waals surface area (Å²) in [6, 6.07) is 10.2. The molecule has 0 saturated carbocycles. The van der Waals surface area contributed by atoms with E-state index in [9.17, 15) is 9.59 Å². The monoisotopic (exact) mass is 429 g/mol. The highest BCUT2D eigenvalue weighted by Gasteiger charge is 2.14. The van der Waals surface area contributed by atoms with E-state index in [1.54, 1.807) is 12.1 Å². The van der Waals surface area contributed by atoms with Gasteiger partial charge in [-0.3, -0.25) is 4.57 Å². The van der Waals surface area contributed by atoms with Gasteiger partial charge in [0, 0.05) is 9.50 Å². The molecule has 0 spiro atoms. The smallest absolute Gasteiger partial charge is 0.422 e. The molecule has 24 heavy (non-hydrogen) atoms. The minimum absolute atomic E-state index is 0.149. The molecule has 0 saturated heterocycles. The van der Waals surface area contributed by atoms with E-state index in [4.69, 9.17) is 32.4 Å². The van der Waals surface area contributed by atoms with Gasteiger partial charge in [0.2, 0.25) is 0 Å². The molecule has 0 unspecified atom stereocenters. The second kappa shape index (κ2) is 7.01. The Bertz CT molecular complexity index is 1010. The largest absolute Gasteiger partial charge is 0.492 e. The van der Waals surface area contributed by atoms with Crippen LogP contribution in [0.15, 0.2) is 54.9 Å². The average molecular weight is 431 g/mol. The zero-order chi connectivity index (χ0) is 17.3. The third kappa shape index (κ3) is 3.50. The number of benzene rings is 2. The summed E-state index contributed by atoms with van der Waals surface area (Å²) < 4.78 is 12.5. The van der Waals surface area contributed by atoms with E-state index in [1.165, 1.54) is 16.7 Å². The quantitative estimate of drug-likeness (QED) is 0.625. The number of aromatic nitrogens is 1.